The van der Waals surface area contributed by atoms with Crippen molar-refractivity contribution in [3.63, 3.8) is 0 Å². The molecule has 0 radical (unpaired) electrons. The summed E-state index contributed by atoms with van der Waals surface area (Å²) in [5.74, 6) is -0.0537. The van der Waals surface area contributed by atoms with Crippen molar-refractivity contribution in [3.05, 3.63) is 74.7 Å². The van der Waals surface area contributed by atoms with Crippen LogP contribution in [-0.2, 0) is 6.54 Å². The van der Waals surface area contributed by atoms with Crippen molar-refractivity contribution < 1.29 is 13.8 Å². The summed E-state index contributed by atoms with van der Waals surface area (Å²) in [6.45, 7) is -0.0782. The highest BCUT2D eigenvalue weighted by atomic mass is 19.1. The zero-order valence-corrected chi connectivity index (χ0v) is 11.5. The van der Waals surface area contributed by atoms with Crippen molar-refractivity contribution in [2.75, 3.05) is 0 Å². The first-order valence-electron chi connectivity index (χ1n) is 6.46. The third kappa shape index (κ3) is 3.12. The number of nitro groups is 1. The molecule has 0 unspecified atom stereocenters. The zero-order valence-electron chi connectivity index (χ0n) is 11.5. The molecule has 23 heavy (non-hydrogen) atoms. The van der Waals surface area contributed by atoms with E-state index in [1.165, 1.54) is 24.3 Å². The van der Waals surface area contributed by atoms with Crippen LogP contribution in [0.1, 0.15) is 5.82 Å². The minimum absolute atomic E-state index is 0.0782. The predicted molar refractivity (Wildman–Crippen MR) is 76.2 cm³/mol. The monoisotopic (exact) mass is 316 g/mol. The van der Waals surface area contributed by atoms with Gasteiger partial charge in [0.1, 0.15) is 5.82 Å². The van der Waals surface area contributed by atoms with Gasteiger partial charge in [-0.15, -0.1) is 0 Å². The fourth-order valence-electron chi connectivity index (χ4n) is 1.93. The van der Waals surface area contributed by atoms with Crippen molar-refractivity contribution in [1.82, 2.24) is 14.7 Å². The standard InChI is InChI=1S/C14H9FN4O4/c15-10-3-1-9(2-4-10)14-16-12(17-23-14)8-18-7-11(19(21)22)5-6-13(18)20/h1-7H,8H2. The number of rotatable bonds is 4. The molecule has 2 aromatic heterocycles. The van der Waals surface area contributed by atoms with E-state index in [-0.39, 0.29) is 23.9 Å². The lowest BCUT2D eigenvalue weighted by molar-refractivity contribution is -0.385. The normalized spacial score (nSPS) is 10.7. The Morgan fingerprint density at radius 2 is 1.96 bits per heavy atom. The van der Waals surface area contributed by atoms with Crippen LogP contribution < -0.4 is 5.56 Å². The number of nitrogens with zero attached hydrogens (tertiary/aromatic N) is 4. The first-order valence-corrected chi connectivity index (χ1v) is 6.46. The molecule has 8 nitrogen and oxygen atoms in total. The van der Waals surface area contributed by atoms with E-state index in [4.69, 9.17) is 4.52 Å². The zero-order chi connectivity index (χ0) is 16.4. The second-order valence-corrected chi connectivity index (χ2v) is 4.63. The van der Waals surface area contributed by atoms with Gasteiger partial charge in [-0.25, -0.2) is 4.39 Å². The quantitative estimate of drug-likeness (QED) is 0.538. The maximum Gasteiger partial charge on any atom is 0.285 e. The topological polar surface area (TPSA) is 104 Å². The molecule has 0 atom stereocenters. The second kappa shape index (κ2) is 5.79. The van der Waals surface area contributed by atoms with Gasteiger partial charge in [-0.3, -0.25) is 14.9 Å². The minimum Gasteiger partial charge on any atom is -0.334 e. The molecule has 0 aliphatic heterocycles. The molecule has 116 valence electrons. The molecule has 0 spiro atoms. The minimum atomic E-state index is -0.601. The van der Waals surface area contributed by atoms with E-state index in [2.05, 4.69) is 10.1 Å². The van der Waals surface area contributed by atoms with Gasteiger partial charge in [-0.1, -0.05) is 5.16 Å². The van der Waals surface area contributed by atoms with Crippen LogP contribution in [0.3, 0.4) is 0 Å². The van der Waals surface area contributed by atoms with E-state index >= 15 is 0 Å². The van der Waals surface area contributed by atoms with Crippen molar-refractivity contribution in [1.29, 1.82) is 0 Å². The maximum atomic E-state index is 12.9. The lowest BCUT2D eigenvalue weighted by atomic mass is 10.2. The molecule has 0 fully saturated rings. The average Bonchev–Trinajstić information content (AvgIpc) is 2.98. The van der Waals surface area contributed by atoms with Crippen LogP contribution in [0.15, 0.2) is 51.9 Å². The van der Waals surface area contributed by atoms with E-state index in [9.17, 15) is 19.3 Å². The predicted octanol–water partition coefficient (Wildman–Crippen LogP) is 1.99. The smallest absolute Gasteiger partial charge is 0.285 e. The molecular weight excluding hydrogens is 307 g/mol. The van der Waals surface area contributed by atoms with Crippen LogP contribution in [0, 0.1) is 15.9 Å². The summed E-state index contributed by atoms with van der Waals surface area (Å²) in [5.41, 5.74) is -0.118. The Hall–Kier alpha value is -3.36. The molecule has 0 bridgehead atoms. The highest BCUT2D eigenvalue weighted by Crippen LogP contribution is 2.17. The average molecular weight is 316 g/mol. The van der Waals surface area contributed by atoms with Gasteiger partial charge in [0.2, 0.25) is 0 Å². The number of halogens is 1. The van der Waals surface area contributed by atoms with Crippen LogP contribution in [0.2, 0.25) is 0 Å². The Balaban J connectivity index is 1.87. The molecule has 0 amide bonds. The Morgan fingerprint density at radius 3 is 2.65 bits per heavy atom. The van der Waals surface area contributed by atoms with Crippen LogP contribution in [0.5, 0.6) is 0 Å². The lowest BCUT2D eigenvalue weighted by Crippen LogP contribution is -2.20. The van der Waals surface area contributed by atoms with Gasteiger partial charge in [0.05, 0.1) is 17.7 Å². The Bertz CT molecular complexity index is 917. The molecular formula is C14H9FN4O4. The molecule has 9 heteroatoms. The molecule has 0 saturated carbocycles. The third-order valence-corrected chi connectivity index (χ3v) is 3.05. The molecule has 0 N–H and O–H groups in total. The number of benzene rings is 1. The summed E-state index contributed by atoms with van der Waals surface area (Å²) in [4.78, 5) is 26.0. The first-order chi connectivity index (χ1) is 11.0. The summed E-state index contributed by atoms with van der Waals surface area (Å²) >= 11 is 0. The summed E-state index contributed by atoms with van der Waals surface area (Å²) in [6, 6.07) is 7.69. The van der Waals surface area contributed by atoms with Crippen molar-refractivity contribution >= 4 is 5.69 Å². The number of aromatic nitrogens is 3. The van der Waals surface area contributed by atoms with E-state index in [0.717, 1.165) is 22.9 Å². The third-order valence-electron chi connectivity index (χ3n) is 3.05. The summed E-state index contributed by atoms with van der Waals surface area (Å²) in [5, 5.41) is 14.5. The highest BCUT2D eigenvalue weighted by molar-refractivity contribution is 5.52. The molecule has 2 heterocycles. The van der Waals surface area contributed by atoms with Gasteiger partial charge >= 0.3 is 0 Å². The molecule has 0 saturated heterocycles. The van der Waals surface area contributed by atoms with Crippen LogP contribution in [-0.4, -0.2) is 19.6 Å². The molecule has 0 aliphatic rings. The van der Waals surface area contributed by atoms with Gasteiger partial charge in [0.15, 0.2) is 5.82 Å². The number of pyridine rings is 1. The summed E-state index contributed by atoms with van der Waals surface area (Å²) < 4.78 is 19.0. The van der Waals surface area contributed by atoms with Crippen LogP contribution >= 0.6 is 0 Å². The fourth-order valence-corrected chi connectivity index (χ4v) is 1.93. The Kier molecular flexibility index (Phi) is 3.67. The molecule has 1 aromatic carbocycles. The fraction of sp³-hybridized carbons (Fsp3) is 0.0714. The van der Waals surface area contributed by atoms with Crippen molar-refractivity contribution in [2.45, 2.75) is 6.54 Å². The summed E-state index contributed by atoms with van der Waals surface area (Å²) in [7, 11) is 0. The number of hydrogen-bond donors (Lipinski definition) is 0. The van der Waals surface area contributed by atoms with E-state index in [1.807, 2.05) is 0 Å². The van der Waals surface area contributed by atoms with Crippen LogP contribution in [0.25, 0.3) is 11.5 Å². The van der Waals surface area contributed by atoms with Gasteiger partial charge in [-0.05, 0) is 24.3 Å². The summed E-state index contributed by atoms with van der Waals surface area (Å²) in [6.07, 6.45) is 1.11. The lowest BCUT2D eigenvalue weighted by Gasteiger charge is -2.00. The second-order valence-electron chi connectivity index (χ2n) is 4.63. The highest BCUT2D eigenvalue weighted by Gasteiger charge is 2.12. The van der Waals surface area contributed by atoms with E-state index in [1.54, 1.807) is 0 Å². The first kappa shape index (κ1) is 14.6. The molecule has 3 rings (SSSR count). The van der Waals surface area contributed by atoms with Gasteiger partial charge in [-0.2, -0.15) is 4.98 Å². The van der Waals surface area contributed by atoms with Crippen molar-refractivity contribution in [3.8, 4) is 11.5 Å². The van der Waals surface area contributed by atoms with Gasteiger partial charge in [0.25, 0.3) is 17.1 Å². The van der Waals surface area contributed by atoms with Gasteiger partial charge in [0, 0.05) is 17.7 Å². The SMILES string of the molecule is O=c1ccc([N+](=O)[O-])cn1Cc1noc(-c2ccc(F)cc2)n1. The Morgan fingerprint density at radius 1 is 1.22 bits per heavy atom. The maximum absolute atomic E-state index is 12.9. The van der Waals surface area contributed by atoms with E-state index < -0.39 is 16.3 Å². The largest absolute Gasteiger partial charge is 0.334 e. The van der Waals surface area contributed by atoms with E-state index in [0.29, 0.717) is 5.56 Å². The molecule has 0 aliphatic carbocycles. The Labute approximate surface area is 128 Å². The molecule has 3 aromatic rings. The van der Waals surface area contributed by atoms with Crippen LogP contribution in [0.4, 0.5) is 10.1 Å². The number of hydrogen-bond acceptors (Lipinski definition) is 6. The van der Waals surface area contributed by atoms with Crippen molar-refractivity contribution in [2.24, 2.45) is 0 Å². The van der Waals surface area contributed by atoms with Gasteiger partial charge < -0.3 is 9.09 Å².